The second-order valence-electron chi connectivity index (χ2n) is 6.98. The van der Waals surface area contributed by atoms with E-state index in [1.165, 1.54) is 11.1 Å². The number of aryl methyl sites for hydroxylation is 1. The molecule has 21 heavy (non-hydrogen) atoms. The van der Waals surface area contributed by atoms with E-state index >= 15 is 0 Å². The highest BCUT2D eigenvalue weighted by molar-refractivity contribution is 5.36. The van der Waals surface area contributed by atoms with Crippen molar-refractivity contribution in [2.24, 2.45) is 11.1 Å². The molecular formula is C17H23N3O. The Morgan fingerprint density at radius 2 is 2.05 bits per heavy atom. The standard InChI is InChI=1S/C17H23N3O/c1-17(2,3)14(18)16-19-15(20-21-16)13-10-6-8-11-7-4-5-9-12(11)13/h4-5,7,9,13-14H,6,8,10,18H2,1-3H3. The van der Waals surface area contributed by atoms with Crippen LogP contribution in [0.3, 0.4) is 0 Å². The molecule has 1 aromatic carbocycles. The van der Waals surface area contributed by atoms with Gasteiger partial charge in [0, 0.05) is 5.92 Å². The van der Waals surface area contributed by atoms with Crippen molar-refractivity contribution >= 4 is 0 Å². The Balaban J connectivity index is 1.91. The zero-order valence-corrected chi connectivity index (χ0v) is 13.0. The third-order valence-electron chi connectivity index (χ3n) is 4.34. The van der Waals surface area contributed by atoms with Gasteiger partial charge in [-0.3, -0.25) is 0 Å². The van der Waals surface area contributed by atoms with Crippen molar-refractivity contribution in [2.75, 3.05) is 0 Å². The number of nitrogens with zero attached hydrogens (tertiary/aromatic N) is 2. The van der Waals surface area contributed by atoms with Gasteiger partial charge in [-0.25, -0.2) is 0 Å². The Labute approximate surface area is 125 Å². The first-order chi connectivity index (χ1) is 9.97. The molecule has 1 aromatic heterocycles. The minimum absolute atomic E-state index is 0.0890. The molecule has 4 nitrogen and oxygen atoms in total. The van der Waals surface area contributed by atoms with Gasteiger partial charge in [0.1, 0.15) is 0 Å². The van der Waals surface area contributed by atoms with Crippen molar-refractivity contribution in [1.82, 2.24) is 10.1 Å². The first-order valence-electron chi connectivity index (χ1n) is 7.63. The fraction of sp³-hybridized carbons (Fsp3) is 0.529. The molecule has 0 fully saturated rings. The van der Waals surface area contributed by atoms with Gasteiger partial charge in [-0.2, -0.15) is 4.98 Å². The van der Waals surface area contributed by atoms with Crippen LogP contribution < -0.4 is 5.73 Å². The van der Waals surface area contributed by atoms with Gasteiger partial charge in [0.05, 0.1) is 6.04 Å². The molecule has 112 valence electrons. The molecule has 0 radical (unpaired) electrons. The predicted molar refractivity (Wildman–Crippen MR) is 81.9 cm³/mol. The highest BCUT2D eigenvalue weighted by atomic mass is 16.5. The maximum Gasteiger partial charge on any atom is 0.244 e. The van der Waals surface area contributed by atoms with E-state index in [0.717, 1.165) is 25.1 Å². The quantitative estimate of drug-likeness (QED) is 0.916. The molecule has 0 saturated carbocycles. The molecule has 0 saturated heterocycles. The lowest BCUT2D eigenvalue weighted by atomic mass is 9.82. The summed E-state index contributed by atoms with van der Waals surface area (Å²) in [6.07, 6.45) is 3.37. The lowest BCUT2D eigenvalue weighted by molar-refractivity contribution is 0.252. The zero-order valence-electron chi connectivity index (χ0n) is 13.0. The van der Waals surface area contributed by atoms with Gasteiger partial charge in [-0.1, -0.05) is 50.2 Å². The largest absolute Gasteiger partial charge is 0.338 e. The first kappa shape index (κ1) is 14.3. The van der Waals surface area contributed by atoms with Crippen LogP contribution in [0.5, 0.6) is 0 Å². The maximum absolute atomic E-state index is 6.21. The van der Waals surface area contributed by atoms with Gasteiger partial charge in [-0.15, -0.1) is 0 Å². The minimum Gasteiger partial charge on any atom is -0.338 e. The van der Waals surface area contributed by atoms with Gasteiger partial charge in [-0.05, 0) is 35.8 Å². The van der Waals surface area contributed by atoms with E-state index in [1.54, 1.807) is 0 Å². The van der Waals surface area contributed by atoms with Crippen LogP contribution in [-0.2, 0) is 6.42 Å². The highest BCUT2D eigenvalue weighted by Gasteiger charge is 2.30. The number of benzene rings is 1. The predicted octanol–water partition coefficient (Wildman–Crippen LogP) is 3.58. The summed E-state index contributed by atoms with van der Waals surface area (Å²) in [5.74, 6) is 1.55. The van der Waals surface area contributed by atoms with Gasteiger partial charge >= 0.3 is 0 Å². The molecule has 2 unspecified atom stereocenters. The second-order valence-corrected chi connectivity index (χ2v) is 6.98. The van der Waals surface area contributed by atoms with Crippen molar-refractivity contribution in [1.29, 1.82) is 0 Å². The van der Waals surface area contributed by atoms with Crippen molar-refractivity contribution in [2.45, 2.75) is 52.0 Å². The van der Waals surface area contributed by atoms with Crippen molar-refractivity contribution in [3.8, 4) is 0 Å². The Morgan fingerprint density at radius 3 is 2.81 bits per heavy atom. The number of hydrogen-bond donors (Lipinski definition) is 1. The Hall–Kier alpha value is -1.68. The maximum atomic E-state index is 6.21. The molecule has 0 bridgehead atoms. The summed E-state index contributed by atoms with van der Waals surface area (Å²) < 4.78 is 5.44. The molecule has 3 rings (SSSR count). The number of fused-ring (bicyclic) bond motifs is 1. The van der Waals surface area contributed by atoms with Gasteiger partial charge in [0.15, 0.2) is 5.82 Å². The Kier molecular flexibility index (Phi) is 3.57. The second kappa shape index (κ2) is 5.26. The van der Waals surface area contributed by atoms with Gasteiger partial charge in [0.25, 0.3) is 0 Å². The van der Waals surface area contributed by atoms with E-state index in [4.69, 9.17) is 10.3 Å². The lowest BCUT2D eigenvalue weighted by Crippen LogP contribution is -2.26. The molecule has 4 heteroatoms. The summed E-state index contributed by atoms with van der Waals surface area (Å²) >= 11 is 0. The fourth-order valence-electron chi connectivity index (χ4n) is 2.91. The van der Waals surface area contributed by atoms with E-state index < -0.39 is 0 Å². The van der Waals surface area contributed by atoms with Crippen LogP contribution in [0, 0.1) is 5.41 Å². The number of hydrogen-bond acceptors (Lipinski definition) is 4. The molecule has 2 aromatic rings. The highest BCUT2D eigenvalue weighted by Crippen LogP contribution is 2.36. The van der Waals surface area contributed by atoms with Crippen LogP contribution in [0.25, 0.3) is 0 Å². The molecule has 0 spiro atoms. The van der Waals surface area contributed by atoms with Gasteiger partial charge < -0.3 is 10.3 Å². The summed E-state index contributed by atoms with van der Waals surface area (Å²) in [5, 5.41) is 4.21. The van der Waals surface area contributed by atoms with E-state index in [0.29, 0.717) is 5.89 Å². The molecule has 2 atom stereocenters. The summed E-state index contributed by atoms with van der Waals surface area (Å²) in [5.41, 5.74) is 8.86. The van der Waals surface area contributed by atoms with Crippen molar-refractivity contribution in [3.63, 3.8) is 0 Å². The average Bonchev–Trinajstić information content (AvgIpc) is 2.94. The normalized spacial score (nSPS) is 20.1. The SMILES string of the molecule is CC(C)(C)C(N)c1nc(C2CCCc3ccccc32)no1. The minimum atomic E-state index is -0.238. The fourth-order valence-corrected chi connectivity index (χ4v) is 2.91. The number of nitrogens with two attached hydrogens (primary N) is 1. The van der Waals surface area contributed by atoms with Crippen molar-refractivity contribution < 1.29 is 4.52 Å². The van der Waals surface area contributed by atoms with E-state index in [2.05, 4.69) is 55.2 Å². The van der Waals surface area contributed by atoms with Crippen LogP contribution in [0.1, 0.15) is 68.4 Å². The molecule has 1 heterocycles. The smallest absolute Gasteiger partial charge is 0.244 e. The topological polar surface area (TPSA) is 64.9 Å². The molecular weight excluding hydrogens is 262 g/mol. The van der Waals surface area contributed by atoms with Crippen LogP contribution in [0.15, 0.2) is 28.8 Å². The molecule has 1 aliphatic carbocycles. The number of aromatic nitrogens is 2. The van der Waals surface area contributed by atoms with Crippen LogP contribution in [0.4, 0.5) is 0 Å². The monoisotopic (exact) mass is 285 g/mol. The summed E-state index contributed by atoms with van der Waals surface area (Å²) in [6, 6.07) is 8.32. The number of rotatable bonds is 2. The summed E-state index contributed by atoms with van der Waals surface area (Å²) in [7, 11) is 0. The van der Waals surface area contributed by atoms with E-state index in [-0.39, 0.29) is 17.4 Å². The molecule has 2 N–H and O–H groups in total. The van der Waals surface area contributed by atoms with Crippen LogP contribution in [-0.4, -0.2) is 10.1 Å². The Bertz CT molecular complexity index is 627. The molecule has 0 aliphatic heterocycles. The molecule has 0 amide bonds. The molecule has 1 aliphatic rings. The first-order valence-corrected chi connectivity index (χ1v) is 7.63. The van der Waals surface area contributed by atoms with Crippen LogP contribution >= 0.6 is 0 Å². The summed E-state index contributed by atoms with van der Waals surface area (Å²) in [6.45, 7) is 6.24. The van der Waals surface area contributed by atoms with E-state index in [9.17, 15) is 0 Å². The lowest BCUT2D eigenvalue weighted by Gasteiger charge is -2.24. The summed E-state index contributed by atoms with van der Waals surface area (Å²) in [4.78, 5) is 4.60. The third-order valence-corrected chi connectivity index (χ3v) is 4.34. The average molecular weight is 285 g/mol. The third kappa shape index (κ3) is 2.72. The Morgan fingerprint density at radius 1 is 1.29 bits per heavy atom. The van der Waals surface area contributed by atoms with Crippen LogP contribution in [0.2, 0.25) is 0 Å². The van der Waals surface area contributed by atoms with E-state index in [1.807, 2.05) is 0 Å². The van der Waals surface area contributed by atoms with Gasteiger partial charge in [0.2, 0.25) is 5.89 Å². The van der Waals surface area contributed by atoms with Crippen molar-refractivity contribution in [3.05, 3.63) is 47.1 Å². The zero-order chi connectivity index (χ0) is 15.0.